The van der Waals surface area contributed by atoms with Gasteiger partial charge in [0.15, 0.2) is 5.69 Å². The zero-order valence-corrected chi connectivity index (χ0v) is 16.1. The average Bonchev–Trinajstić information content (AvgIpc) is 3.17. The maximum Gasteiger partial charge on any atom is 0.355 e. The molecule has 0 saturated carbocycles. The Labute approximate surface area is 162 Å². The van der Waals surface area contributed by atoms with Crippen LogP contribution >= 0.6 is 11.3 Å². The monoisotopic (exact) mass is 526 g/mol. The summed E-state index contributed by atoms with van der Waals surface area (Å²) in [7, 11) is 0. The van der Waals surface area contributed by atoms with Crippen molar-refractivity contribution in [3.63, 3.8) is 0 Å². The Balaban J connectivity index is 0.000000175. The predicted molar refractivity (Wildman–Crippen MR) is 95.1 cm³/mol. The molecule has 0 fully saturated rings. The molecule has 0 saturated heterocycles. The Hall–Kier alpha value is -2.40. The smallest absolute Gasteiger partial charge is 0.355 e. The van der Waals surface area contributed by atoms with E-state index in [2.05, 4.69) is 16.0 Å². The van der Waals surface area contributed by atoms with Crippen LogP contribution < -0.4 is 0 Å². The SMILES string of the molecule is O=C(O)c1nccc2ccccc12.[Ir].[c-]1cscc1-c1ccccn1. The molecule has 0 amide bonds. The first-order valence-electron chi connectivity index (χ1n) is 7.18. The molecule has 0 aliphatic rings. The predicted octanol–water partition coefficient (Wildman–Crippen LogP) is 4.54. The van der Waals surface area contributed by atoms with Gasteiger partial charge in [-0.3, -0.25) is 0 Å². The molecule has 0 atom stereocenters. The minimum atomic E-state index is -0.989. The van der Waals surface area contributed by atoms with Crippen molar-refractivity contribution >= 4 is 28.1 Å². The molecule has 0 aliphatic carbocycles. The minimum Gasteiger partial charge on any atom is -0.476 e. The number of thiophene rings is 1. The van der Waals surface area contributed by atoms with E-state index in [4.69, 9.17) is 5.11 Å². The third kappa shape index (κ3) is 4.79. The summed E-state index contributed by atoms with van der Waals surface area (Å²) in [5, 5.41) is 14.4. The van der Waals surface area contributed by atoms with E-state index in [1.165, 1.54) is 6.20 Å². The summed E-state index contributed by atoms with van der Waals surface area (Å²) in [6.45, 7) is 0. The van der Waals surface area contributed by atoms with Crippen molar-refractivity contribution in [1.29, 1.82) is 0 Å². The number of benzene rings is 1. The van der Waals surface area contributed by atoms with Gasteiger partial charge in [0.2, 0.25) is 0 Å². The maximum atomic E-state index is 10.8. The van der Waals surface area contributed by atoms with Gasteiger partial charge in [-0.1, -0.05) is 41.8 Å². The van der Waals surface area contributed by atoms with Crippen LogP contribution in [0.4, 0.5) is 0 Å². The quantitative estimate of drug-likeness (QED) is 0.391. The van der Waals surface area contributed by atoms with Crippen molar-refractivity contribution in [2.45, 2.75) is 0 Å². The number of carboxylic acids is 1. The summed E-state index contributed by atoms with van der Waals surface area (Å²) in [4.78, 5) is 18.8. The first-order valence-corrected chi connectivity index (χ1v) is 8.12. The van der Waals surface area contributed by atoms with Gasteiger partial charge in [0.1, 0.15) is 0 Å². The normalized spacial score (nSPS) is 9.60. The van der Waals surface area contributed by atoms with E-state index < -0.39 is 5.97 Å². The fraction of sp³-hybridized carbons (Fsp3) is 0. The number of aromatic carboxylic acids is 1. The van der Waals surface area contributed by atoms with Gasteiger partial charge in [-0.05, 0) is 23.2 Å². The molecule has 0 spiro atoms. The molecule has 6 heteroatoms. The van der Waals surface area contributed by atoms with E-state index in [1.807, 2.05) is 41.1 Å². The molecule has 1 radical (unpaired) electrons. The van der Waals surface area contributed by atoms with E-state index in [0.717, 1.165) is 16.6 Å². The van der Waals surface area contributed by atoms with Gasteiger partial charge in [0.25, 0.3) is 0 Å². The standard InChI is InChI=1S/C10H7NO2.C9H6NS.Ir/c12-10(13)9-8-4-2-1-3-7(8)5-6-11-9;1-2-5-10-9(3-1)8-4-6-11-7-8;/h1-6H,(H,12,13);1-3,5-7H;/q;-1;. The summed E-state index contributed by atoms with van der Waals surface area (Å²) in [5.41, 5.74) is 2.18. The number of aromatic nitrogens is 2. The molecule has 3 heterocycles. The van der Waals surface area contributed by atoms with Crippen LogP contribution in [0.2, 0.25) is 0 Å². The van der Waals surface area contributed by atoms with Crippen molar-refractivity contribution < 1.29 is 30.0 Å². The molecular weight excluding hydrogens is 513 g/mol. The van der Waals surface area contributed by atoms with Gasteiger partial charge in [0.05, 0.1) is 0 Å². The van der Waals surface area contributed by atoms with Crippen LogP contribution in [0.25, 0.3) is 22.0 Å². The molecule has 0 bridgehead atoms. The Morgan fingerprint density at radius 3 is 2.48 bits per heavy atom. The number of fused-ring (bicyclic) bond motifs is 1. The molecule has 0 unspecified atom stereocenters. The van der Waals surface area contributed by atoms with E-state index in [9.17, 15) is 4.79 Å². The van der Waals surface area contributed by atoms with Crippen molar-refractivity contribution in [2.24, 2.45) is 0 Å². The third-order valence-corrected chi connectivity index (χ3v) is 3.91. The van der Waals surface area contributed by atoms with Crippen LogP contribution in [-0.4, -0.2) is 21.0 Å². The number of hydrogen-bond donors (Lipinski definition) is 1. The van der Waals surface area contributed by atoms with E-state index in [0.29, 0.717) is 5.39 Å². The van der Waals surface area contributed by atoms with Gasteiger partial charge in [-0.15, -0.1) is 5.38 Å². The Bertz CT molecular complexity index is 939. The summed E-state index contributed by atoms with van der Waals surface area (Å²) in [5.74, 6) is -0.989. The first-order chi connectivity index (χ1) is 11.8. The van der Waals surface area contributed by atoms with Gasteiger partial charge in [-0.25, -0.2) is 21.1 Å². The molecule has 127 valence electrons. The van der Waals surface area contributed by atoms with Crippen molar-refractivity contribution in [2.75, 3.05) is 0 Å². The molecule has 4 nitrogen and oxygen atoms in total. The number of pyridine rings is 2. The number of carbonyl (C=O) groups is 1. The second kappa shape index (κ2) is 9.18. The summed E-state index contributed by atoms with van der Waals surface area (Å²) >= 11 is 1.64. The number of carboxylic acid groups (broad SMARTS) is 1. The largest absolute Gasteiger partial charge is 0.476 e. The average molecular weight is 526 g/mol. The van der Waals surface area contributed by atoms with Crippen LogP contribution in [0, 0.1) is 6.07 Å². The zero-order valence-electron chi connectivity index (χ0n) is 12.9. The van der Waals surface area contributed by atoms with Gasteiger partial charge in [-0.2, -0.15) is 11.6 Å². The molecular formula is C19H13IrN2O2S-. The zero-order chi connectivity index (χ0) is 16.8. The molecule has 25 heavy (non-hydrogen) atoms. The molecule has 0 aliphatic heterocycles. The molecule has 1 aromatic carbocycles. The number of nitrogens with zero attached hydrogens (tertiary/aromatic N) is 2. The Morgan fingerprint density at radius 1 is 1.00 bits per heavy atom. The number of hydrogen-bond acceptors (Lipinski definition) is 4. The van der Waals surface area contributed by atoms with Crippen molar-refractivity contribution in [3.05, 3.63) is 83.4 Å². The molecule has 4 aromatic rings. The van der Waals surface area contributed by atoms with E-state index >= 15 is 0 Å². The fourth-order valence-electron chi connectivity index (χ4n) is 2.18. The van der Waals surface area contributed by atoms with Crippen LogP contribution in [0.15, 0.2) is 71.7 Å². The van der Waals surface area contributed by atoms with Crippen LogP contribution in [0.5, 0.6) is 0 Å². The van der Waals surface area contributed by atoms with Gasteiger partial charge in [0, 0.05) is 37.9 Å². The van der Waals surface area contributed by atoms with Crippen molar-refractivity contribution in [3.8, 4) is 11.3 Å². The second-order valence-electron chi connectivity index (χ2n) is 4.83. The molecule has 1 N–H and O–H groups in total. The van der Waals surface area contributed by atoms with Crippen LogP contribution in [0.3, 0.4) is 0 Å². The van der Waals surface area contributed by atoms with Crippen LogP contribution in [0.1, 0.15) is 10.5 Å². The van der Waals surface area contributed by atoms with Crippen molar-refractivity contribution in [1.82, 2.24) is 9.97 Å². The minimum absolute atomic E-state index is 0. The molecule has 3 aromatic heterocycles. The van der Waals surface area contributed by atoms with Gasteiger partial charge < -0.3 is 10.1 Å². The van der Waals surface area contributed by atoms with Gasteiger partial charge >= 0.3 is 5.97 Å². The maximum absolute atomic E-state index is 10.8. The Morgan fingerprint density at radius 2 is 1.80 bits per heavy atom. The number of rotatable bonds is 2. The van der Waals surface area contributed by atoms with E-state index in [1.54, 1.807) is 35.7 Å². The first kappa shape index (κ1) is 18.9. The van der Waals surface area contributed by atoms with Crippen LogP contribution in [-0.2, 0) is 20.1 Å². The fourth-order valence-corrected chi connectivity index (χ4v) is 2.77. The summed E-state index contributed by atoms with van der Waals surface area (Å²) in [6.07, 6.45) is 3.30. The summed E-state index contributed by atoms with van der Waals surface area (Å²) in [6, 6.07) is 18.1. The summed E-state index contributed by atoms with van der Waals surface area (Å²) < 4.78 is 0. The molecule has 4 rings (SSSR count). The topological polar surface area (TPSA) is 63.1 Å². The van der Waals surface area contributed by atoms with E-state index in [-0.39, 0.29) is 25.8 Å². The second-order valence-corrected chi connectivity index (χ2v) is 5.57. The third-order valence-electron chi connectivity index (χ3n) is 3.29. The Kier molecular flexibility index (Phi) is 6.95.